The summed E-state index contributed by atoms with van der Waals surface area (Å²) in [7, 11) is 0. The van der Waals surface area contributed by atoms with Gasteiger partial charge in [-0.3, -0.25) is 0 Å². The van der Waals surface area contributed by atoms with Crippen molar-refractivity contribution in [1.29, 1.82) is 0 Å². The average Bonchev–Trinajstić information content (AvgIpc) is 2.81. The van der Waals surface area contributed by atoms with Crippen LogP contribution in [-0.2, 0) is 10.8 Å². The van der Waals surface area contributed by atoms with E-state index in [1.54, 1.807) is 0 Å². The molecule has 0 radical (unpaired) electrons. The van der Waals surface area contributed by atoms with Gasteiger partial charge in [0.25, 0.3) is 0 Å². The summed E-state index contributed by atoms with van der Waals surface area (Å²) in [6.07, 6.45) is 7.05. The topological polar surface area (TPSA) is 104 Å². The molecule has 0 atom stereocenters. The van der Waals surface area contributed by atoms with Crippen LogP contribution in [0, 0.1) is 0 Å². The molecule has 0 fully saturated rings. The van der Waals surface area contributed by atoms with E-state index in [-0.39, 0.29) is 10.8 Å². The number of benzene rings is 3. The highest BCUT2D eigenvalue weighted by Crippen LogP contribution is 2.33. The van der Waals surface area contributed by atoms with E-state index in [4.69, 9.17) is 22.9 Å². The van der Waals surface area contributed by atoms with Gasteiger partial charge in [0, 0.05) is 22.1 Å². The molecule has 8 N–H and O–H groups in total. The van der Waals surface area contributed by atoms with Gasteiger partial charge in [0.2, 0.25) is 0 Å². The molecule has 0 aliphatic carbocycles. The summed E-state index contributed by atoms with van der Waals surface area (Å²) in [6.45, 7) is 10.9. The highest BCUT2D eigenvalue weighted by Gasteiger charge is 2.23. The van der Waals surface area contributed by atoms with E-state index in [0.29, 0.717) is 0 Å². The van der Waals surface area contributed by atoms with Gasteiger partial charge in [-0.15, -0.1) is 0 Å². The zero-order chi connectivity index (χ0) is 25.2. The molecule has 0 aromatic heterocycles. The standard InChI is InChI=1S/C20H36N2.C10H10N2/c1-19(2,13-5-7-15-21)17-9-11-18(12-10-17)20(3,4)14-6-8-16-22;11-9-5-1-3-7-8(9)4-2-6-10(7)12/h9-12H,5-8,13-16,21-22H2,1-4H3;1-6H,11-12H2. The van der Waals surface area contributed by atoms with Crippen molar-refractivity contribution in [1.82, 2.24) is 0 Å². The number of hydrogen-bond donors (Lipinski definition) is 4. The summed E-state index contributed by atoms with van der Waals surface area (Å²) in [5.74, 6) is 0. The molecule has 0 aliphatic heterocycles. The van der Waals surface area contributed by atoms with Gasteiger partial charge >= 0.3 is 0 Å². The van der Waals surface area contributed by atoms with Gasteiger partial charge in [0.05, 0.1) is 0 Å². The Kier molecular flexibility index (Phi) is 10.4. The third-order valence-electron chi connectivity index (χ3n) is 6.95. The van der Waals surface area contributed by atoms with E-state index in [0.717, 1.165) is 48.1 Å². The van der Waals surface area contributed by atoms with Gasteiger partial charge in [0.15, 0.2) is 0 Å². The molecule has 186 valence electrons. The van der Waals surface area contributed by atoms with Gasteiger partial charge in [-0.1, -0.05) is 89.1 Å². The maximum absolute atomic E-state index is 5.77. The van der Waals surface area contributed by atoms with Crippen molar-refractivity contribution >= 4 is 22.1 Å². The van der Waals surface area contributed by atoms with E-state index in [9.17, 15) is 0 Å². The van der Waals surface area contributed by atoms with E-state index >= 15 is 0 Å². The van der Waals surface area contributed by atoms with Gasteiger partial charge < -0.3 is 22.9 Å². The van der Waals surface area contributed by atoms with Crippen molar-refractivity contribution in [2.45, 2.75) is 77.0 Å². The molecule has 34 heavy (non-hydrogen) atoms. The third-order valence-corrected chi connectivity index (χ3v) is 6.95. The first-order chi connectivity index (χ1) is 16.1. The van der Waals surface area contributed by atoms with Crippen LogP contribution in [0.2, 0.25) is 0 Å². The number of rotatable bonds is 10. The minimum Gasteiger partial charge on any atom is -0.398 e. The van der Waals surface area contributed by atoms with Crippen LogP contribution < -0.4 is 22.9 Å². The van der Waals surface area contributed by atoms with Crippen molar-refractivity contribution in [2.75, 3.05) is 24.6 Å². The Morgan fingerprint density at radius 1 is 0.529 bits per heavy atom. The third kappa shape index (κ3) is 7.75. The summed E-state index contributed by atoms with van der Waals surface area (Å²) in [5.41, 5.74) is 27.6. The molecule has 0 saturated carbocycles. The smallest absolute Gasteiger partial charge is 0.0394 e. The Hall–Kier alpha value is -2.56. The molecular weight excluding hydrogens is 416 g/mol. The van der Waals surface area contributed by atoms with Crippen LogP contribution >= 0.6 is 0 Å². The summed E-state index contributed by atoms with van der Waals surface area (Å²) >= 11 is 0. The lowest BCUT2D eigenvalue weighted by Crippen LogP contribution is -2.20. The van der Waals surface area contributed by atoms with Crippen LogP contribution in [0.3, 0.4) is 0 Å². The zero-order valence-corrected chi connectivity index (χ0v) is 21.7. The van der Waals surface area contributed by atoms with Crippen molar-refractivity contribution < 1.29 is 0 Å². The quantitative estimate of drug-likeness (QED) is 0.204. The first kappa shape index (κ1) is 27.7. The second-order valence-electron chi connectivity index (χ2n) is 10.6. The molecule has 3 rings (SSSR count). The molecule has 4 heteroatoms. The Morgan fingerprint density at radius 3 is 1.21 bits per heavy atom. The Balaban J connectivity index is 0.000000283. The Labute approximate surface area is 207 Å². The van der Waals surface area contributed by atoms with Crippen LogP contribution in [0.25, 0.3) is 10.8 Å². The maximum atomic E-state index is 5.77. The van der Waals surface area contributed by atoms with Crippen LogP contribution in [-0.4, -0.2) is 13.1 Å². The summed E-state index contributed by atoms with van der Waals surface area (Å²) in [4.78, 5) is 0. The second kappa shape index (κ2) is 12.8. The summed E-state index contributed by atoms with van der Waals surface area (Å²) < 4.78 is 0. The summed E-state index contributed by atoms with van der Waals surface area (Å²) in [5, 5.41) is 2.05. The minimum absolute atomic E-state index is 0.234. The highest BCUT2D eigenvalue weighted by molar-refractivity contribution is 5.99. The van der Waals surface area contributed by atoms with E-state index in [1.807, 2.05) is 36.4 Å². The molecule has 0 heterocycles. The molecular formula is C30H46N4. The second-order valence-corrected chi connectivity index (χ2v) is 10.6. The molecule has 0 amide bonds. The number of nitrogens with two attached hydrogens (primary N) is 4. The fourth-order valence-electron chi connectivity index (χ4n) is 4.44. The SMILES string of the molecule is CC(C)(CCCCN)c1ccc(C(C)(C)CCCCN)cc1.Nc1cccc2c(N)cccc12. The lowest BCUT2D eigenvalue weighted by atomic mass is 9.76. The molecule has 0 bridgehead atoms. The molecule has 0 spiro atoms. The monoisotopic (exact) mass is 462 g/mol. The highest BCUT2D eigenvalue weighted by atomic mass is 14.6. The molecule has 0 saturated heterocycles. The molecule has 0 unspecified atom stereocenters. The summed E-state index contributed by atoms with van der Waals surface area (Å²) in [6, 6.07) is 20.8. The van der Waals surface area contributed by atoms with E-state index in [2.05, 4.69) is 52.0 Å². The molecule has 3 aromatic carbocycles. The molecule has 4 nitrogen and oxygen atoms in total. The number of hydrogen-bond acceptors (Lipinski definition) is 4. The first-order valence-electron chi connectivity index (χ1n) is 12.7. The van der Waals surface area contributed by atoms with Gasteiger partial charge in [0.1, 0.15) is 0 Å². The first-order valence-corrected chi connectivity index (χ1v) is 12.7. The van der Waals surface area contributed by atoms with Crippen LogP contribution in [0.15, 0.2) is 60.7 Å². The lowest BCUT2D eigenvalue weighted by Gasteiger charge is -2.29. The maximum Gasteiger partial charge on any atom is 0.0394 e. The van der Waals surface area contributed by atoms with Crippen molar-refractivity contribution in [3.8, 4) is 0 Å². The molecule has 0 aliphatic rings. The molecule has 3 aromatic rings. The number of unbranched alkanes of at least 4 members (excludes halogenated alkanes) is 2. The minimum atomic E-state index is 0.234. The van der Waals surface area contributed by atoms with Crippen molar-refractivity contribution in [3.63, 3.8) is 0 Å². The van der Waals surface area contributed by atoms with Gasteiger partial charge in [-0.2, -0.15) is 0 Å². The number of anilines is 2. The van der Waals surface area contributed by atoms with Gasteiger partial charge in [-0.05, 0) is 72.9 Å². The Bertz CT molecular complexity index is 924. The van der Waals surface area contributed by atoms with E-state index < -0.39 is 0 Å². The Morgan fingerprint density at radius 2 is 0.882 bits per heavy atom. The number of nitrogen functional groups attached to an aromatic ring is 2. The fraction of sp³-hybridized carbons (Fsp3) is 0.467. The van der Waals surface area contributed by atoms with Crippen LogP contribution in [0.1, 0.15) is 77.3 Å². The number of fused-ring (bicyclic) bond motifs is 1. The van der Waals surface area contributed by atoms with Crippen molar-refractivity contribution in [3.05, 3.63) is 71.8 Å². The largest absolute Gasteiger partial charge is 0.398 e. The van der Waals surface area contributed by atoms with Crippen LogP contribution in [0.5, 0.6) is 0 Å². The lowest BCUT2D eigenvalue weighted by molar-refractivity contribution is 0.446. The van der Waals surface area contributed by atoms with Crippen molar-refractivity contribution in [2.24, 2.45) is 11.5 Å². The fourth-order valence-corrected chi connectivity index (χ4v) is 4.44. The van der Waals surface area contributed by atoms with Gasteiger partial charge in [-0.25, -0.2) is 0 Å². The predicted octanol–water partition coefficient (Wildman–Crippen LogP) is 6.50. The predicted molar refractivity (Wildman–Crippen MR) is 151 cm³/mol. The zero-order valence-electron chi connectivity index (χ0n) is 21.7. The van der Waals surface area contributed by atoms with Crippen LogP contribution in [0.4, 0.5) is 11.4 Å². The average molecular weight is 463 g/mol. The normalized spacial score (nSPS) is 11.8. The van der Waals surface area contributed by atoms with E-state index in [1.165, 1.54) is 36.8 Å².